The Morgan fingerprint density at radius 3 is 2.35 bits per heavy atom. The first-order valence-electron chi connectivity index (χ1n) is 7.49. The maximum absolute atomic E-state index is 12.5. The number of piperidine rings is 1. The van der Waals surface area contributed by atoms with Gasteiger partial charge in [0, 0.05) is 32.7 Å². The predicted octanol–water partition coefficient (Wildman–Crippen LogP) is 0.929. The molecule has 2 aliphatic rings. The number of nitrogens with zero attached hydrogens (tertiary/aromatic N) is 3. The van der Waals surface area contributed by atoms with Crippen molar-refractivity contribution in [3.05, 3.63) is 0 Å². The lowest BCUT2D eigenvalue weighted by Gasteiger charge is -2.41. The molecule has 0 bridgehead atoms. The van der Waals surface area contributed by atoms with Crippen LogP contribution in [0.25, 0.3) is 0 Å². The van der Waals surface area contributed by atoms with Gasteiger partial charge in [0.05, 0.1) is 0 Å². The van der Waals surface area contributed by atoms with Gasteiger partial charge in [-0.05, 0) is 25.8 Å². The first-order valence-corrected chi connectivity index (χ1v) is 7.49. The van der Waals surface area contributed by atoms with E-state index in [-0.39, 0.29) is 6.03 Å². The highest BCUT2D eigenvalue weighted by Gasteiger charge is 2.37. The van der Waals surface area contributed by atoms with Crippen LogP contribution in [0.15, 0.2) is 0 Å². The number of amides is 2. The van der Waals surface area contributed by atoms with Gasteiger partial charge in [0.25, 0.3) is 0 Å². The summed E-state index contributed by atoms with van der Waals surface area (Å²) in [5, 5.41) is 9.39. The van der Waals surface area contributed by atoms with Gasteiger partial charge in [0.1, 0.15) is 6.04 Å². The number of carbonyl (C=O) groups is 2. The summed E-state index contributed by atoms with van der Waals surface area (Å²) in [5.74, 6) is -0.446. The number of piperazine rings is 1. The highest BCUT2D eigenvalue weighted by Crippen LogP contribution is 2.26. The first-order chi connectivity index (χ1) is 9.52. The predicted molar refractivity (Wildman–Crippen MR) is 75.6 cm³/mol. The molecule has 2 heterocycles. The first kappa shape index (κ1) is 15.1. The number of urea groups is 1. The minimum atomic E-state index is -0.870. The molecule has 6 nitrogen and oxygen atoms in total. The van der Waals surface area contributed by atoms with E-state index < -0.39 is 12.0 Å². The van der Waals surface area contributed by atoms with Crippen molar-refractivity contribution in [3.63, 3.8) is 0 Å². The van der Waals surface area contributed by atoms with Gasteiger partial charge in [-0.2, -0.15) is 0 Å². The second-order valence-corrected chi connectivity index (χ2v) is 5.92. The number of carboxylic acid groups (broad SMARTS) is 1. The van der Waals surface area contributed by atoms with Crippen LogP contribution < -0.4 is 0 Å². The van der Waals surface area contributed by atoms with Crippen molar-refractivity contribution in [1.29, 1.82) is 0 Å². The molecule has 1 N–H and O–H groups in total. The minimum Gasteiger partial charge on any atom is -0.480 e. The van der Waals surface area contributed by atoms with Crippen LogP contribution in [0.5, 0.6) is 0 Å². The maximum Gasteiger partial charge on any atom is 0.326 e. The van der Waals surface area contributed by atoms with Crippen molar-refractivity contribution < 1.29 is 14.7 Å². The fourth-order valence-electron chi connectivity index (χ4n) is 3.05. The number of likely N-dealkylation sites (tertiary alicyclic amines) is 1. The summed E-state index contributed by atoms with van der Waals surface area (Å²) >= 11 is 0. The summed E-state index contributed by atoms with van der Waals surface area (Å²) in [6, 6.07) is -0.749. The molecule has 2 amide bonds. The van der Waals surface area contributed by atoms with Crippen LogP contribution in [-0.4, -0.2) is 77.6 Å². The van der Waals surface area contributed by atoms with Gasteiger partial charge in [-0.1, -0.05) is 13.3 Å². The summed E-state index contributed by atoms with van der Waals surface area (Å²) < 4.78 is 0. The maximum atomic E-state index is 12.5. The van der Waals surface area contributed by atoms with Crippen molar-refractivity contribution in [2.75, 3.05) is 39.8 Å². The number of rotatable bonds is 2. The largest absolute Gasteiger partial charge is 0.480 e. The Bertz CT molecular complexity index is 367. The average molecular weight is 283 g/mol. The fraction of sp³-hybridized carbons (Fsp3) is 0.857. The lowest BCUT2D eigenvalue weighted by Crippen LogP contribution is -2.57. The van der Waals surface area contributed by atoms with E-state index in [1.165, 1.54) is 0 Å². The second-order valence-electron chi connectivity index (χ2n) is 5.92. The average Bonchev–Trinajstić information content (AvgIpc) is 2.46. The number of likely N-dealkylation sites (N-methyl/N-ethyl adjacent to an activating group) is 1. The number of carboxylic acids is 1. The van der Waals surface area contributed by atoms with E-state index in [4.69, 9.17) is 0 Å². The zero-order valence-electron chi connectivity index (χ0n) is 12.4. The van der Waals surface area contributed by atoms with Crippen LogP contribution in [0, 0.1) is 5.92 Å². The Balaban J connectivity index is 2.02. The van der Waals surface area contributed by atoms with Gasteiger partial charge in [-0.25, -0.2) is 9.59 Å². The Kier molecular flexibility index (Phi) is 4.86. The van der Waals surface area contributed by atoms with E-state index >= 15 is 0 Å². The summed E-state index contributed by atoms with van der Waals surface area (Å²) in [4.78, 5) is 29.5. The zero-order valence-corrected chi connectivity index (χ0v) is 12.4. The Labute approximate surface area is 120 Å². The molecule has 0 aliphatic carbocycles. The number of hydrogen-bond donors (Lipinski definition) is 1. The van der Waals surface area contributed by atoms with Gasteiger partial charge in [0.2, 0.25) is 0 Å². The minimum absolute atomic E-state index is 0.0972. The van der Waals surface area contributed by atoms with Gasteiger partial charge in [-0.3, -0.25) is 0 Å². The van der Waals surface area contributed by atoms with Crippen LogP contribution in [0.1, 0.15) is 26.2 Å². The molecule has 0 aromatic heterocycles. The normalized spacial score (nSPS) is 28.5. The molecule has 2 unspecified atom stereocenters. The third kappa shape index (κ3) is 3.23. The molecule has 0 aromatic carbocycles. The van der Waals surface area contributed by atoms with Crippen LogP contribution in [0.4, 0.5) is 4.79 Å². The van der Waals surface area contributed by atoms with Crippen molar-refractivity contribution >= 4 is 12.0 Å². The third-order valence-corrected chi connectivity index (χ3v) is 4.59. The van der Waals surface area contributed by atoms with Gasteiger partial charge >= 0.3 is 12.0 Å². The van der Waals surface area contributed by atoms with E-state index in [9.17, 15) is 14.7 Å². The van der Waals surface area contributed by atoms with Gasteiger partial charge in [-0.15, -0.1) is 0 Å². The lowest BCUT2D eigenvalue weighted by atomic mass is 9.89. The van der Waals surface area contributed by atoms with Crippen LogP contribution >= 0.6 is 0 Å². The summed E-state index contributed by atoms with van der Waals surface area (Å²) in [7, 11) is 2.04. The highest BCUT2D eigenvalue weighted by molar-refractivity contribution is 5.83. The summed E-state index contributed by atoms with van der Waals surface area (Å²) in [5.41, 5.74) is 0. The molecule has 2 rings (SSSR count). The molecule has 2 saturated heterocycles. The zero-order chi connectivity index (χ0) is 14.7. The molecule has 0 aromatic rings. The highest BCUT2D eigenvalue weighted by atomic mass is 16.4. The Hall–Kier alpha value is -1.30. The molecule has 2 fully saturated rings. The quantitative estimate of drug-likeness (QED) is 0.819. The smallest absolute Gasteiger partial charge is 0.326 e. The summed E-state index contributed by atoms with van der Waals surface area (Å²) in [6.45, 7) is 5.75. The van der Waals surface area contributed by atoms with Crippen molar-refractivity contribution in [2.45, 2.75) is 32.2 Å². The van der Waals surface area contributed by atoms with Crippen molar-refractivity contribution in [1.82, 2.24) is 14.7 Å². The Morgan fingerprint density at radius 1 is 1.15 bits per heavy atom. The van der Waals surface area contributed by atoms with Crippen LogP contribution in [0.3, 0.4) is 0 Å². The van der Waals surface area contributed by atoms with E-state index in [1.807, 2.05) is 7.05 Å². The standard InChI is InChI=1S/C14H25N3O3/c1-3-11-4-5-17(12(10-11)13(18)19)14(20)16-8-6-15(2)7-9-16/h11-12H,3-10H2,1-2H3,(H,18,19). The molecule has 2 aliphatic heterocycles. The molecule has 114 valence electrons. The summed E-state index contributed by atoms with van der Waals surface area (Å²) in [6.07, 6.45) is 2.49. The topological polar surface area (TPSA) is 64.1 Å². The third-order valence-electron chi connectivity index (χ3n) is 4.59. The lowest BCUT2D eigenvalue weighted by molar-refractivity contribution is -0.144. The molecule has 0 spiro atoms. The molecular weight excluding hydrogens is 258 g/mol. The van der Waals surface area contributed by atoms with Gasteiger partial charge < -0.3 is 19.8 Å². The van der Waals surface area contributed by atoms with Crippen LogP contribution in [0.2, 0.25) is 0 Å². The molecule has 0 saturated carbocycles. The number of hydrogen-bond acceptors (Lipinski definition) is 3. The van der Waals surface area contributed by atoms with E-state index in [1.54, 1.807) is 9.80 Å². The fourth-order valence-corrected chi connectivity index (χ4v) is 3.05. The van der Waals surface area contributed by atoms with E-state index in [2.05, 4.69) is 11.8 Å². The van der Waals surface area contributed by atoms with Gasteiger partial charge in [0.15, 0.2) is 0 Å². The molecule has 20 heavy (non-hydrogen) atoms. The van der Waals surface area contributed by atoms with E-state index in [0.29, 0.717) is 32.0 Å². The second kappa shape index (κ2) is 6.43. The van der Waals surface area contributed by atoms with E-state index in [0.717, 1.165) is 25.9 Å². The SMILES string of the molecule is CCC1CCN(C(=O)N2CCN(C)CC2)C(C(=O)O)C1. The monoisotopic (exact) mass is 283 g/mol. The van der Waals surface area contributed by atoms with Crippen LogP contribution in [-0.2, 0) is 4.79 Å². The number of carbonyl (C=O) groups excluding carboxylic acids is 1. The molecule has 0 radical (unpaired) electrons. The molecule has 2 atom stereocenters. The molecule has 6 heteroatoms. The van der Waals surface area contributed by atoms with Crippen molar-refractivity contribution in [2.24, 2.45) is 5.92 Å². The number of aliphatic carboxylic acids is 1. The Morgan fingerprint density at radius 2 is 1.80 bits per heavy atom. The molecular formula is C14H25N3O3. The van der Waals surface area contributed by atoms with Crippen molar-refractivity contribution in [3.8, 4) is 0 Å².